The van der Waals surface area contributed by atoms with Gasteiger partial charge in [-0.05, 0) is 44.0 Å². The molecule has 0 saturated heterocycles. The fraction of sp³-hybridized carbons (Fsp3) is 0.500. The van der Waals surface area contributed by atoms with Crippen LogP contribution in [0.3, 0.4) is 0 Å². The van der Waals surface area contributed by atoms with E-state index in [-0.39, 0.29) is 11.4 Å². The highest BCUT2D eigenvalue weighted by atomic mass is 32.2. The third-order valence-corrected chi connectivity index (χ3v) is 4.34. The second kappa shape index (κ2) is 5.79. The number of benzene rings is 1. The molecule has 0 radical (unpaired) electrons. The summed E-state index contributed by atoms with van der Waals surface area (Å²) < 4.78 is 26.3. The Labute approximate surface area is 108 Å². The minimum atomic E-state index is -3.57. The fourth-order valence-corrected chi connectivity index (χ4v) is 2.50. The Morgan fingerprint density at radius 2 is 1.94 bits per heavy atom. The molecule has 1 aromatic rings. The van der Waals surface area contributed by atoms with E-state index >= 15 is 0 Å². The Hall–Kier alpha value is -0.950. The number of aliphatic hydroxyl groups excluding tert-OH is 1. The Balaban J connectivity index is 2.83. The number of nitrogens with two attached hydrogens (primary N) is 1. The fourth-order valence-electron chi connectivity index (χ4n) is 1.34. The first-order valence-corrected chi connectivity index (χ1v) is 7.23. The van der Waals surface area contributed by atoms with E-state index < -0.39 is 22.2 Å². The number of hydrogen-bond acceptors (Lipinski definition) is 4. The van der Waals surface area contributed by atoms with E-state index in [2.05, 4.69) is 4.72 Å². The molecule has 0 spiro atoms. The number of sulfonamides is 1. The molecule has 4 N–H and O–H groups in total. The van der Waals surface area contributed by atoms with Crippen molar-refractivity contribution >= 4 is 10.0 Å². The molecular weight excluding hydrogens is 252 g/mol. The maximum atomic E-state index is 12.0. The van der Waals surface area contributed by atoms with Gasteiger partial charge in [0.2, 0.25) is 10.0 Å². The molecule has 0 saturated carbocycles. The predicted octanol–water partition coefficient (Wildman–Crippen LogP) is 0.290. The molecule has 18 heavy (non-hydrogen) atoms. The molecule has 1 aromatic carbocycles. The zero-order valence-corrected chi connectivity index (χ0v) is 11.7. The van der Waals surface area contributed by atoms with Crippen molar-refractivity contribution in [1.82, 2.24) is 4.72 Å². The topological polar surface area (TPSA) is 92.4 Å². The summed E-state index contributed by atoms with van der Waals surface area (Å²) in [4.78, 5) is 0.211. The minimum Gasteiger partial charge on any atom is -0.392 e. The minimum absolute atomic E-state index is 0.00687. The average molecular weight is 272 g/mol. The standard InChI is InChI=1S/C12H20N2O3S/c1-8-4-5-11(6-9(8)2)18(16,17)14-7-12(13)10(3)15/h4-6,10,12,14-15H,7,13H2,1-3H3. The normalized spacial score (nSPS) is 15.4. The quantitative estimate of drug-likeness (QED) is 0.718. The van der Waals surface area contributed by atoms with Gasteiger partial charge >= 0.3 is 0 Å². The molecule has 0 aliphatic rings. The molecule has 102 valence electrons. The molecule has 0 heterocycles. The smallest absolute Gasteiger partial charge is 0.240 e. The number of rotatable bonds is 5. The van der Waals surface area contributed by atoms with Crippen LogP contribution >= 0.6 is 0 Å². The lowest BCUT2D eigenvalue weighted by atomic mass is 10.1. The Bertz CT molecular complexity index is 512. The van der Waals surface area contributed by atoms with Crippen molar-refractivity contribution in [1.29, 1.82) is 0 Å². The van der Waals surface area contributed by atoms with Crippen molar-refractivity contribution < 1.29 is 13.5 Å². The van der Waals surface area contributed by atoms with Crippen LogP contribution in [-0.2, 0) is 10.0 Å². The van der Waals surface area contributed by atoms with Gasteiger partial charge in [-0.3, -0.25) is 0 Å². The van der Waals surface area contributed by atoms with Crippen LogP contribution in [0, 0.1) is 13.8 Å². The average Bonchev–Trinajstić information content (AvgIpc) is 2.29. The van der Waals surface area contributed by atoms with E-state index in [1.807, 2.05) is 13.8 Å². The monoisotopic (exact) mass is 272 g/mol. The van der Waals surface area contributed by atoms with Gasteiger partial charge in [0.15, 0.2) is 0 Å². The van der Waals surface area contributed by atoms with Gasteiger partial charge in [0.1, 0.15) is 0 Å². The second-order valence-corrected chi connectivity index (χ2v) is 6.27. The lowest BCUT2D eigenvalue weighted by molar-refractivity contribution is 0.164. The number of aliphatic hydroxyl groups is 1. The van der Waals surface area contributed by atoms with Crippen LogP contribution in [0.5, 0.6) is 0 Å². The van der Waals surface area contributed by atoms with Crippen molar-refractivity contribution in [2.45, 2.75) is 37.8 Å². The van der Waals surface area contributed by atoms with Gasteiger partial charge in [0.05, 0.1) is 11.0 Å². The predicted molar refractivity (Wildman–Crippen MR) is 70.8 cm³/mol. The van der Waals surface area contributed by atoms with E-state index in [1.165, 1.54) is 6.92 Å². The highest BCUT2D eigenvalue weighted by Crippen LogP contribution is 2.14. The van der Waals surface area contributed by atoms with Crippen molar-refractivity contribution in [2.24, 2.45) is 5.73 Å². The summed E-state index contributed by atoms with van der Waals surface area (Å²) in [5.41, 5.74) is 7.53. The number of aryl methyl sites for hydroxylation is 2. The van der Waals surface area contributed by atoms with Gasteiger partial charge < -0.3 is 10.8 Å². The molecule has 0 aromatic heterocycles. The third-order valence-electron chi connectivity index (χ3n) is 2.92. The highest BCUT2D eigenvalue weighted by molar-refractivity contribution is 7.89. The summed E-state index contributed by atoms with van der Waals surface area (Å²) in [5, 5.41) is 9.21. The number of nitrogens with one attached hydrogen (secondary N) is 1. The van der Waals surface area contributed by atoms with Gasteiger partial charge in [-0.2, -0.15) is 0 Å². The maximum Gasteiger partial charge on any atom is 0.240 e. The third kappa shape index (κ3) is 3.78. The highest BCUT2D eigenvalue weighted by Gasteiger charge is 2.17. The molecule has 0 aliphatic heterocycles. The first kappa shape index (κ1) is 15.1. The summed E-state index contributed by atoms with van der Waals surface area (Å²) in [6, 6.07) is 4.31. The van der Waals surface area contributed by atoms with E-state index in [9.17, 15) is 13.5 Å². The lowest BCUT2D eigenvalue weighted by Crippen LogP contribution is -2.43. The van der Waals surface area contributed by atoms with Crippen molar-refractivity contribution in [3.8, 4) is 0 Å². The first-order valence-electron chi connectivity index (χ1n) is 5.74. The molecule has 6 heteroatoms. The van der Waals surface area contributed by atoms with Crippen molar-refractivity contribution in [3.63, 3.8) is 0 Å². The van der Waals surface area contributed by atoms with Crippen LogP contribution in [0.2, 0.25) is 0 Å². The Morgan fingerprint density at radius 1 is 1.33 bits per heavy atom. The molecule has 0 aliphatic carbocycles. The maximum absolute atomic E-state index is 12.0. The van der Waals surface area contributed by atoms with Crippen LogP contribution in [-0.4, -0.2) is 32.2 Å². The Morgan fingerprint density at radius 3 is 2.44 bits per heavy atom. The van der Waals surface area contributed by atoms with E-state index in [1.54, 1.807) is 18.2 Å². The molecule has 2 unspecified atom stereocenters. The number of hydrogen-bond donors (Lipinski definition) is 3. The zero-order chi connectivity index (χ0) is 13.9. The van der Waals surface area contributed by atoms with Crippen molar-refractivity contribution in [3.05, 3.63) is 29.3 Å². The molecule has 0 bridgehead atoms. The van der Waals surface area contributed by atoms with Crippen LogP contribution in [0.4, 0.5) is 0 Å². The molecule has 2 atom stereocenters. The van der Waals surface area contributed by atoms with Gasteiger partial charge in [-0.25, -0.2) is 13.1 Å². The summed E-state index contributed by atoms with van der Waals surface area (Å²) in [6.07, 6.45) is -0.757. The van der Waals surface area contributed by atoms with Crippen LogP contribution < -0.4 is 10.5 Å². The SMILES string of the molecule is Cc1ccc(S(=O)(=O)NCC(N)C(C)O)cc1C. The van der Waals surface area contributed by atoms with E-state index in [0.29, 0.717) is 0 Å². The van der Waals surface area contributed by atoms with E-state index in [4.69, 9.17) is 5.73 Å². The van der Waals surface area contributed by atoms with Crippen LogP contribution in [0.15, 0.2) is 23.1 Å². The molecule has 0 fully saturated rings. The molecule has 5 nitrogen and oxygen atoms in total. The second-order valence-electron chi connectivity index (χ2n) is 4.50. The summed E-state index contributed by atoms with van der Waals surface area (Å²) in [7, 11) is -3.57. The lowest BCUT2D eigenvalue weighted by Gasteiger charge is -2.15. The molecular formula is C12H20N2O3S. The Kier molecular flexibility index (Phi) is 4.86. The summed E-state index contributed by atoms with van der Waals surface area (Å²) >= 11 is 0. The first-order chi connectivity index (χ1) is 8.24. The van der Waals surface area contributed by atoms with Crippen LogP contribution in [0.1, 0.15) is 18.1 Å². The van der Waals surface area contributed by atoms with E-state index in [0.717, 1.165) is 11.1 Å². The summed E-state index contributed by atoms with van der Waals surface area (Å²) in [6.45, 7) is 5.31. The molecule has 1 rings (SSSR count). The van der Waals surface area contributed by atoms with Gasteiger partial charge in [0, 0.05) is 12.6 Å². The largest absolute Gasteiger partial charge is 0.392 e. The zero-order valence-electron chi connectivity index (χ0n) is 10.8. The van der Waals surface area contributed by atoms with Crippen LogP contribution in [0.25, 0.3) is 0 Å². The van der Waals surface area contributed by atoms with Gasteiger partial charge in [0.25, 0.3) is 0 Å². The van der Waals surface area contributed by atoms with Gasteiger partial charge in [-0.1, -0.05) is 6.07 Å². The summed E-state index contributed by atoms with van der Waals surface area (Å²) in [5.74, 6) is 0. The molecule has 0 amide bonds. The van der Waals surface area contributed by atoms with Gasteiger partial charge in [-0.15, -0.1) is 0 Å². The van der Waals surface area contributed by atoms with Crippen molar-refractivity contribution in [2.75, 3.05) is 6.54 Å².